The Kier molecular flexibility index (Phi) is 3.23. The number of nitrogens with zero attached hydrogens (tertiary/aromatic N) is 1. The zero-order chi connectivity index (χ0) is 13.5. The highest BCUT2D eigenvalue weighted by Gasteiger charge is 2.52. The van der Waals surface area contributed by atoms with E-state index in [-0.39, 0.29) is 12.0 Å². The first kappa shape index (κ1) is 13.1. The van der Waals surface area contributed by atoms with Crippen molar-refractivity contribution in [1.82, 2.24) is 10.4 Å². The highest BCUT2D eigenvalue weighted by atomic mass is 16.6. The number of hydrogen-bond acceptors (Lipinski definition) is 4. The fourth-order valence-electron chi connectivity index (χ4n) is 2.97. The van der Waals surface area contributed by atoms with Crippen LogP contribution >= 0.6 is 0 Å². The van der Waals surface area contributed by atoms with E-state index in [2.05, 4.69) is 0 Å². The second kappa shape index (κ2) is 4.42. The Hall–Kier alpha value is -1.30. The maximum atomic E-state index is 12.1. The summed E-state index contributed by atoms with van der Waals surface area (Å²) in [5.41, 5.74) is 1.07. The highest BCUT2D eigenvalue weighted by molar-refractivity contribution is 5.86. The van der Waals surface area contributed by atoms with Crippen LogP contribution in [-0.2, 0) is 9.53 Å². The van der Waals surface area contributed by atoms with Crippen molar-refractivity contribution in [2.45, 2.75) is 57.7 Å². The minimum absolute atomic E-state index is 0.0622. The Morgan fingerprint density at radius 1 is 1.33 bits per heavy atom. The van der Waals surface area contributed by atoms with E-state index in [9.17, 15) is 9.59 Å². The SMILES string of the molecule is CC(C)(C)OC(=O)N1C2CCC(C2)C1C(=O)NO. The predicted molar refractivity (Wildman–Crippen MR) is 62.9 cm³/mol. The van der Waals surface area contributed by atoms with Gasteiger partial charge in [0.05, 0.1) is 0 Å². The third-order valence-electron chi connectivity index (χ3n) is 3.57. The van der Waals surface area contributed by atoms with Crippen molar-refractivity contribution in [3.63, 3.8) is 0 Å². The molecular weight excluding hydrogens is 236 g/mol. The second-order valence-corrected chi connectivity index (χ2v) is 6.04. The molecule has 3 atom stereocenters. The van der Waals surface area contributed by atoms with Gasteiger partial charge in [0.25, 0.3) is 5.91 Å². The molecule has 2 aliphatic rings. The fraction of sp³-hybridized carbons (Fsp3) is 0.833. The summed E-state index contributed by atoms with van der Waals surface area (Å²) in [5.74, 6) is -0.386. The molecule has 2 N–H and O–H groups in total. The molecule has 6 heteroatoms. The number of likely N-dealkylation sites (tertiary alicyclic amines) is 1. The zero-order valence-corrected chi connectivity index (χ0v) is 11.0. The molecule has 1 saturated carbocycles. The second-order valence-electron chi connectivity index (χ2n) is 6.04. The molecular formula is C12H20N2O4. The van der Waals surface area contributed by atoms with Crippen molar-refractivity contribution >= 4 is 12.0 Å². The van der Waals surface area contributed by atoms with Gasteiger partial charge in [0.2, 0.25) is 0 Å². The van der Waals surface area contributed by atoms with Gasteiger partial charge in [-0.15, -0.1) is 0 Å². The molecule has 3 unspecified atom stereocenters. The Balaban J connectivity index is 2.14. The average Bonchev–Trinajstić information content (AvgIpc) is 2.84. The van der Waals surface area contributed by atoms with E-state index in [0.29, 0.717) is 0 Å². The number of hydrogen-bond donors (Lipinski definition) is 2. The number of rotatable bonds is 1. The smallest absolute Gasteiger partial charge is 0.411 e. The first-order valence-corrected chi connectivity index (χ1v) is 6.29. The third-order valence-corrected chi connectivity index (χ3v) is 3.57. The van der Waals surface area contributed by atoms with Crippen LogP contribution in [0.4, 0.5) is 4.79 Å². The van der Waals surface area contributed by atoms with Gasteiger partial charge in [0.1, 0.15) is 11.6 Å². The molecule has 1 aliphatic heterocycles. The Bertz CT molecular complexity index is 364. The van der Waals surface area contributed by atoms with Gasteiger partial charge in [-0.1, -0.05) is 0 Å². The molecule has 2 rings (SSSR count). The van der Waals surface area contributed by atoms with Crippen LogP contribution in [0, 0.1) is 5.92 Å². The van der Waals surface area contributed by atoms with E-state index >= 15 is 0 Å². The van der Waals surface area contributed by atoms with Crippen molar-refractivity contribution < 1.29 is 19.5 Å². The fourth-order valence-corrected chi connectivity index (χ4v) is 2.97. The number of piperidine rings is 1. The van der Waals surface area contributed by atoms with E-state index in [1.807, 2.05) is 0 Å². The summed E-state index contributed by atoms with van der Waals surface area (Å²) in [6.07, 6.45) is 2.17. The van der Waals surface area contributed by atoms with Crippen LogP contribution in [0.5, 0.6) is 0 Å². The summed E-state index contributed by atoms with van der Waals surface area (Å²) < 4.78 is 5.32. The molecule has 2 amide bonds. The van der Waals surface area contributed by atoms with Crippen molar-refractivity contribution in [2.75, 3.05) is 0 Å². The third kappa shape index (κ3) is 2.29. The molecule has 0 aromatic rings. The Morgan fingerprint density at radius 2 is 2.00 bits per heavy atom. The number of carbonyl (C=O) groups is 2. The standard InChI is InChI=1S/C12H20N2O4/c1-12(2,3)18-11(16)14-8-5-4-7(6-8)9(14)10(15)13-17/h7-9,17H,4-6H2,1-3H3,(H,13,15). The van der Waals surface area contributed by atoms with E-state index in [1.54, 1.807) is 26.3 Å². The van der Waals surface area contributed by atoms with Gasteiger partial charge in [-0.05, 0) is 46.0 Å². The lowest BCUT2D eigenvalue weighted by molar-refractivity contribution is -0.136. The predicted octanol–water partition coefficient (Wildman–Crippen LogP) is 1.28. The van der Waals surface area contributed by atoms with Crippen molar-refractivity contribution in [2.24, 2.45) is 5.92 Å². The maximum absolute atomic E-state index is 12.1. The lowest BCUT2D eigenvalue weighted by atomic mass is 9.98. The van der Waals surface area contributed by atoms with Gasteiger partial charge in [-0.3, -0.25) is 14.9 Å². The number of ether oxygens (including phenoxy) is 1. The molecule has 2 bridgehead atoms. The van der Waals surface area contributed by atoms with Crippen LogP contribution in [0.3, 0.4) is 0 Å². The number of nitrogens with one attached hydrogen (secondary N) is 1. The number of fused-ring (bicyclic) bond motifs is 2. The van der Waals surface area contributed by atoms with Crippen molar-refractivity contribution in [1.29, 1.82) is 0 Å². The van der Waals surface area contributed by atoms with Crippen LogP contribution in [0.2, 0.25) is 0 Å². The molecule has 6 nitrogen and oxygen atoms in total. The first-order chi connectivity index (χ1) is 8.33. The molecule has 0 spiro atoms. The van der Waals surface area contributed by atoms with Crippen LogP contribution < -0.4 is 5.48 Å². The highest BCUT2D eigenvalue weighted by Crippen LogP contribution is 2.43. The lowest BCUT2D eigenvalue weighted by Gasteiger charge is -2.35. The molecule has 0 aromatic carbocycles. The molecule has 1 aliphatic carbocycles. The van der Waals surface area contributed by atoms with Gasteiger partial charge < -0.3 is 4.74 Å². The van der Waals surface area contributed by atoms with Crippen LogP contribution in [0.15, 0.2) is 0 Å². The van der Waals surface area contributed by atoms with E-state index in [0.717, 1.165) is 19.3 Å². The molecule has 1 saturated heterocycles. The lowest BCUT2D eigenvalue weighted by Crippen LogP contribution is -2.53. The maximum Gasteiger partial charge on any atom is 0.411 e. The summed E-state index contributed by atoms with van der Waals surface area (Å²) in [4.78, 5) is 25.3. The van der Waals surface area contributed by atoms with E-state index in [4.69, 9.17) is 9.94 Å². The molecule has 0 aromatic heterocycles. The molecule has 18 heavy (non-hydrogen) atoms. The topological polar surface area (TPSA) is 78.9 Å². The van der Waals surface area contributed by atoms with Crippen LogP contribution in [0.1, 0.15) is 40.0 Å². The van der Waals surface area contributed by atoms with Gasteiger partial charge >= 0.3 is 6.09 Å². The van der Waals surface area contributed by atoms with Gasteiger partial charge in [-0.25, -0.2) is 10.3 Å². The summed E-state index contributed by atoms with van der Waals surface area (Å²) in [6, 6.07) is -0.532. The van der Waals surface area contributed by atoms with Crippen LogP contribution in [-0.4, -0.2) is 39.8 Å². The van der Waals surface area contributed by atoms with Crippen LogP contribution in [0.25, 0.3) is 0 Å². The van der Waals surface area contributed by atoms with Gasteiger partial charge in [0.15, 0.2) is 0 Å². The quantitative estimate of drug-likeness (QED) is 0.547. The minimum Gasteiger partial charge on any atom is -0.444 e. The molecule has 102 valence electrons. The molecule has 1 heterocycles. The van der Waals surface area contributed by atoms with E-state index in [1.165, 1.54) is 4.90 Å². The number of amides is 2. The monoisotopic (exact) mass is 256 g/mol. The zero-order valence-electron chi connectivity index (χ0n) is 11.0. The summed E-state index contributed by atoms with van der Waals surface area (Å²) >= 11 is 0. The van der Waals surface area contributed by atoms with Gasteiger partial charge in [0, 0.05) is 6.04 Å². The summed E-state index contributed by atoms with van der Waals surface area (Å²) in [6.45, 7) is 5.38. The number of hydroxylamine groups is 1. The van der Waals surface area contributed by atoms with Gasteiger partial charge in [-0.2, -0.15) is 0 Å². The first-order valence-electron chi connectivity index (χ1n) is 6.29. The largest absolute Gasteiger partial charge is 0.444 e. The average molecular weight is 256 g/mol. The summed E-state index contributed by atoms with van der Waals surface area (Å²) in [7, 11) is 0. The van der Waals surface area contributed by atoms with E-state index < -0.39 is 23.6 Å². The number of carbonyl (C=O) groups excluding carboxylic acids is 2. The Labute approximate surface area is 106 Å². The van der Waals surface area contributed by atoms with Crippen molar-refractivity contribution in [3.8, 4) is 0 Å². The molecule has 2 fully saturated rings. The minimum atomic E-state index is -0.594. The molecule has 0 radical (unpaired) electrons. The van der Waals surface area contributed by atoms with Crippen molar-refractivity contribution in [3.05, 3.63) is 0 Å². The normalized spacial score (nSPS) is 30.4. The summed E-state index contributed by atoms with van der Waals surface area (Å²) in [5, 5.41) is 8.78. The Morgan fingerprint density at radius 3 is 2.56 bits per heavy atom.